The van der Waals surface area contributed by atoms with E-state index in [0.717, 1.165) is 5.69 Å². The summed E-state index contributed by atoms with van der Waals surface area (Å²) >= 11 is 1.33. The van der Waals surface area contributed by atoms with Gasteiger partial charge in [0.1, 0.15) is 11.5 Å². The van der Waals surface area contributed by atoms with Crippen LogP contribution in [0.5, 0.6) is 0 Å². The Morgan fingerprint density at radius 3 is 3.05 bits per heavy atom. The molecule has 0 saturated carbocycles. The molecule has 4 nitrogen and oxygen atoms in total. The first-order valence-electron chi connectivity index (χ1n) is 6.11. The number of hydrogen-bond donors (Lipinski definition) is 2. The van der Waals surface area contributed by atoms with Crippen molar-refractivity contribution in [1.29, 1.82) is 0 Å². The van der Waals surface area contributed by atoms with Gasteiger partial charge in [0.05, 0.1) is 11.7 Å². The topological polar surface area (TPSA) is 62.2 Å². The van der Waals surface area contributed by atoms with Crippen LogP contribution in [-0.4, -0.2) is 22.6 Å². The van der Waals surface area contributed by atoms with Crippen LogP contribution in [0, 0.1) is 11.8 Å². The van der Waals surface area contributed by atoms with Crippen LogP contribution in [0.2, 0.25) is 0 Å². The lowest BCUT2D eigenvalue weighted by Gasteiger charge is -2.12. The fourth-order valence-electron chi connectivity index (χ4n) is 1.69. The van der Waals surface area contributed by atoms with Crippen LogP contribution in [-0.2, 0) is 0 Å². The molecule has 5 heteroatoms. The molecule has 0 aliphatic rings. The number of rotatable bonds is 3. The maximum atomic E-state index is 12.2. The Bertz CT molecular complexity index is 641. The van der Waals surface area contributed by atoms with Gasteiger partial charge in [0.2, 0.25) is 0 Å². The second-order valence-corrected chi connectivity index (χ2v) is 4.99. The van der Waals surface area contributed by atoms with E-state index in [1.54, 1.807) is 12.3 Å². The molecule has 0 saturated heterocycles. The van der Waals surface area contributed by atoms with Gasteiger partial charge >= 0.3 is 0 Å². The van der Waals surface area contributed by atoms with Crippen LogP contribution in [0.3, 0.4) is 0 Å². The monoisotopic (exact) mass is 286 g/mol. The molecule has 1 unspecified atom stereocenters. The van der Waals surface area contributed by atoms with Gasteiger partial charge in [0.15, 0.2) is 0 Å². The number of amides is 1. The van der Waals surface area contributed by atoms with Gasteiger partial charge in [0.25, 0.3) is 5.91 Å². The molecule has 0 bridgehead atoms. The summed E-state index contributed by atoms with van der Waals surface area (Å²) in [6.07, 6.45) is 1.70. The minimum atomic E-state index is -0.221. The lowest BCUT2D eigenvalue weighted by atomic mass is 10.2. The van der Waals surface area contributed by atoms with Gasteiger partial charge in [-0.15, -0.1) is 11.3 Å². The SMILES string of the molecule is CC(NC(=O)c1sccc1C#CCO)c1ccccn1. The molecule has 1 atom stereocenters. The van der Waals surface area contributed by atoms with Crippen molar-refractivity contribution in [2.75, 3.05) is 6.61 Å². The molecule has 2 N–H and O–H groups in total. The van der Waals surface area contributed by atoms with E-state index in [-0.39, 0.29) is 18.6 Å². The number of carbonyl (C=O) groups excluding carboxylic acids is 1. The predicted octanol–water partition coefficient (Wildman–Crippen LogP) is 1.98. The molecular weight excluding hydrogens is 272 g/mol. The van der Waals surface area contributed by atoms with E-state index >= 15 is 0 Å². The van der Waals surface area contributed by atoms with Crippen molar-refractivity contribution in [1.82, 2.24) is 10.3 Å². The molecule has 0 aromatic carbocycles. The molecule has 2 rings (SSSR count). The average Bonchev–Trinajstić information content (AvgIpc) is 2.94. The second-order valence-electron chi connectivity index (χ2n) is 4.07. The first kappa shape index (κ1) is 14.3. The first-order chi connectivity index (χ1) is 9.72. The Morgan fingerprint density at radius 1 is 1.50 bits per heavy atom. The van der Waals surface area contributed by atoms with E-state index in [4.69, 9.17) is 5.11 Å². The minimum absolute atomic E-state index is 0.176. The van der Waals surface area contributed by atoms with E-state index in [0.29, 0.717) is 10.4 Å². The summed E-state index contributed by atoms with van der Waals surface area (Å²) < 4.78 is 0. The van der Waals surface area contributed by atoms with Gasteiger partial charge < -0.3 is 10.4 Å². The number of pyridine rings is 1. The van der Waals surface area contributed by atoms with E-state index in [2.05, 4.69) is 22.1 Å². The first-order valence-corrected chi connectivity index (χ1v) is 6.99. The van der Waals surface area contributed by atoms with Crippen molar-refractivity contribution in [3.63, 3.8) is 0 Å². The molecule has 0 aliphatic carbocycles. The van der Waals surface area contributed by atoms with E-state index < -0.39 is 0 Å². The number of aromatic nitrogens is 1. The quantitative estimate of drug-likeness (QED) is 0.848. The second kappa shape index (κ2) is 6.85. The van der Waals surface area contributed by atoms with Gasteiger partial charge in [0, 0.05) is 11.8 Å². The highest BCUT2D eigenvalue weighted by molar-refractivity contribution is 7.12. The lowest BCUT2D eigenvalue weighted by molar-refractivity contribution is 0.0943. The predicted molar refractivity (Wildman–Crippen MR) is 78.4 cm³/mol. The maximum absolute atomic E-state index is 12.2. The molecule has 102 valence electrons. The number of thiophene rings is 1. The van der Waals surface area contributed by atoms with E-state index in [9.17, 15) is 4.79 Å². The highest BCUT2D eigenvalue weighted by Crippen LogP contribution is 2.17. The van der Waals surface area contributed by atoms with Crippen LogP contribution in [0.1, 0.15) is 33.9 Å². The number of aliphatic hydroxyl groups is 1. The van der Waals surface area contributed by atoms with Crippen molar-refractivity contribution < 1.29 is 9.90 Å². The molecule has 0 fully saturated rings. The van der Waals surface area contributed by atoms with Crippen LogP contribution in [0.15, 0.2) is 35.8 Å². The van der Waals surface area contributed by atoms with Crippen LogP contribution < -0.4 is 5.32 Å². The Hall–Kier alpha value is -2.16. The van der Waals surface area contributed by atoms with Crippen molar-refractivity contribution in [3.05, 3.63) is 52.0 Å². The van der Waals surface area contributed by atoms with Crippen molar-refractivity contribution in [3.8, 4) is 11.8 Å². The lowest BCUT2D eigenvalue weighted by Crippen LogP contribution is -2.27. The molecule has 1 amide bonds. The fourth-order valence-corrected chi connectivity index (χ4v) is 2.44. The van der Waals surface area contributed by atoms with Gasteiger partial charge in [-0.3, -0.25) is 9.78 Å². The Balaban J connectivity index is 2.11. The molecule has 2 aromatic rings. The fraction of sp³-hybridized carbons (Fsp3) is 0.200. The van der Waals surface area contributed by atoms with Gasteiger partial charge in [-0.2, -0.15) is 0 Å². The zero-order valence-electron chi connectivity index (χ0n) is 11.0. The summed E-state index contributed by atoms with van der Waals surface area (Å²) in [7, 11) is 0. The average molecular weight is 286 g/mol. The molecule has 2 heterocycles. The Kier molecular flexibility index (Phi) is 4.88. The zero-order valence-corrected chi connectivity index (χ0v) is 11.8. The van der Waals surface area contributed by atoms with E-state index in [1.807, 2.05) is 30.5 Å². The third-order valence-corrected chi connectivity index (χ3v) is 3.57. The number of nitrogens with one attached hydrogen (secondary N) is 1. The molecule has 0 radical (unpaired) electrons. The Labute approximate surface area is 121 Å². The normalized spacial score (nSPS) is 11.3. The highest BCUT2D eigenvalue weighted by Gasteiger charge is 2.15. The van der Waals surface area contributed by atoms with Crippen molar-refractivity contribution >= 4 is 17.2 Å². The molecule has 2 aromatic heterocycles. The zero-order chi connectivity index (χ0) is 14.4. The third-order valence-electron chi connectivity index (χ3n) is 2.65. The van der Waals surface area contributed by atoms with Gasteiger partial charge in [-0.25, -0.2) is 0 Å². The number of hydrogen-bond acceptors (Lipinski definition) is 4. The summed E-state index contributed by atoms with van der Waals surface area (Å²) in [6.45, 7) is 1.66. The van der Waals surface area contributed by atoms with E-state index in [1.165, 1.54) is 11.3 Å². The summed E-state index contributed by atoms with van der Waals surface area (Å²) in [4.78, 5) is 17.0. The summed E-state index contributed by atoms with van der Waals surface area (Å²) in [5.74, 6) is 5.14. The molecule has 0 aliphatic heterocycles. The third kappa shape index (κ3) is 3.44. The number of nitrogens with zero attached hydrogens (tertiary/aromatic N) is 1. The summed E-state index contributed by atoms with van der Waals surface area (Å²) in [5.41, 5.74) is 1.44. The van der Waals surface area contributed by atoms with Crippen LogP contribution >= 0.6 is 11.3 Å². The van der Waals surface area contributed by atoms with Gasteiger partial charge in [-0.1, -0.05) is 17.9 Å². The van der Waals surface area contributed by atoms with Gasteiger partial charge in [-0.05, 0) is 30.5 Å². The van der Waals surface area contributed by atoms with Crippen LogP contribution in [0.4, 0.5) is 0 Å². The Morgan fingerprint density at radius 2 is 2.35 bits per heavy atom. The summed E-state index contributed by atoms with van der Waals surface area (Å²) in [6, 6.07) is 7.18. The largest absolute Gasteiger partial charge is 0.384 e. The smallest absolute Gasteiger partial charge is 0.263 e. The number of carbonyl (C=O) groups is 1. The number of aliphatic hydroxyl groups excluding tert-OH is 1. The highest BCUT2D eigenvalue weighted by atomic mass is 32.1. The van der Waals surface area contributed by atoms with Crippen molar-refractivity contribution in [2.24, 2.45) is 0 Å². The molecular formula is C15H14N2O2S. The molecule has 0 spiro atoms. The van der Waals surface area contributed by atoms with Crippen LogP contribution in [0.25, 0.3) is 0 Å². The standard InChI is InChI=1S/C15H14N2O2S/c1-11(13-6-2-3-8-16-13)17-15(19)14-12(5-4-9-18)7-10-20-14/h2-3,6-8,10-11,18H,9H2,1H3,(H,17,19). The minimum Gasteiger partial charge on any atom is -0.384 e. The summed E-state index contributed by atoms with van der Waals surface area (Å²) in [5, 5.41) is 13.4. The molecule has 20 heavy (non-hydrogen) atoms. The van der Waals surface area contributed by atoms with Crippen molar-refractivity contribution in [2.45, 2.75) is 13.0 Å². The maximum Gasteiger partial charge on any atom is 0.263 e.